The number of rotatable bonds is 5. The zero-order valence-electron chi connectivity index (χ0n) is 13.8. The standard InChI is InChI=1S/C17H21F2NO4/c1-3-23-17(22)12-6-8-20(9-7-12)16(21)11(2)24-13-4-5-14(18)15(19)10-13/h4-5,10-12H,3,6-9H2,1-2H3. The molecule has 1 aromatic rings. The maximum atomic E-state index is 13.2. The van der Waals surface area contributed by atoms with Gasteiger partial charge in [0.2, 0.25) is 0 Å². The number of hydrogen-bond donors (Lipinski definition) is 0. The van der Waals surface area contributed by atoms with Gasteiger partial charge < -0.3 is 14.4 Å². The van der Waals surface area contributed by atoms with Crippen LogP contribution in [0, 0.1) is 17.6 Å². The van der Waals surface area contributed by atoms with Crippen LogP contribution in [-0.4, -0.2) is 42.6 Å². The summed E-state index contributed by atoms with van der Waals surface area (Å²) < 4.78 is 36.5. The number of hydrogen-bond acceptors (Lipinski definition) is 4. The van der Waals surface area contributed by atoms with E-state index in [1.165, 1.54) is 6.07 Å². The fourth-order valence-corrected chi connectivity index (χ4v) is 2.66. The van der Waals surface area contributed by atoms with Crippen LogP contribution in [0.3, 0.4) is 0 Å². The Bertz CT molecular complexity index is 600. The van der Waals surface area contributed by atoms with Gasteiger partial charge in [-0.05, 0) is 38.8 Å². The predicted octanol–water partition coefficient (Wildman–Crippen LogP) is 2.53. The summed E-state index contributed by atoms with van der Waals surface area (Å²) >= 11 is 0. The molecule has 132 valence electrons. The van der Waals surface area contributed by atoms with E-state index in [4.69, 9.17) is 9.47 Å². The molecule has 0 radical (unpaired) electrons. The van der Waals surface area contributed by atoms with Crippen molar-refractivity contribution in [2.75, 3.05) is 19.7 Å². The number of piperidine rings is 1. The van der Waals surface area contributed by atoms with Gasteiger partial charge in [0.15, 0.2) is 17.7 Å². The van der Waals surface area contributed by atoms with E-state index >= 15 is 0 Å². The molecular formula is C17H21F2NO4. The highest BCUT2D eigenvalue weighted by Gasteiger charge is 2.30. The highest BCUT2D eigenvalue weighted by Crippen LogP contribution is 2.21. The van der Waals surface area contributed by atoms with E-state index in [2.05, 4.69) is 0 Å². The van der Waals surface area contributed by atoms with Crippen molar-refractivity contribution in [2.45, 2.75) is 32.8 Å². The molecule has 1 aliphatic rings. The van der Waals surface area contributed by atoms with Gasteiger partial charge in [0.1, 0.15) is 5.75 Å². The van der Waals surface area contributed by atoms with Gasteiger partial charge in [-0.3, -0.25) is 9.59 Å². The molecule has 1 heterocycles. The second kappa shape index (κ2) is 8.08. The van der Waals surface area contributed by atoms with Crippen molar-refractivity contribution < 1.29 is 27.8 Å². The Hall–Kier alpha value is -2.18. The predicted molar refractivity (Wildman–Crippen MR) is 82.4 cm³/mol. The first-order chi connectivity index (χ1) is 11.4. The van der Waals surface area contributed by atoms with Gasteiger partial charge in [-0.15, -0.1) is 0 Å². The van der Waals surface area contributed by atoms with Gasteiger partial charge in [0, 0.05) is 19.2 Å². The number of benzene rings is 1. The molecule has 0 aliphatic carbocycles. The van der Waals surface area contributed by atoms with Crippen molar-refractivity contribution >= 4 is 11.9 Å². The van der Waals surface area contributed by atoms with Crippen molar-refractivity contribution in [3.05, 3.63) is 29.8 Å². The Kier molecular flexibility index (Phi) is 6.11. The maximum absolute atomic E-state index is 13.2. The molecule has 0 N–H and O–H groups in total. The fraction of sp³-hybridized carbons (Fsp3) is 0.529. The number of nitrogens with zero attached hydrogens (tertiary/aromatic N) is 1. The third-order valence-electron chi connectivity index (χ3n) is 3.98. The number of likely N-dealkylation sites (tertiary alicyclic amines) is 1. The van der Waals surface area contributed by atoms with Gasteiger partial charge in [-0.1, -0.05) is 0 Å². The maximum Gasteiger partial charge on any atom is 0.309 e. The number of carbonyl (C=O) groups is 2. The first-order valence-corrected chi connectivity index (χ1v) is 7.99. The molecular weight excluding hydrogens is 320 g/mol. The second-order valence-electron chi connectivity index (χ2n) is 5.69. The Morgan fingerprint density at radius 1 is 1.25 bits per heavy atom. The van der Waals surface area contributed by atoms with Crippen molar-refractivity contribution in [1.82, 2.24) is 4.90 Å². The summed E-state index contributed by atoms with van der Waals surface area (Å²) in [7, 11) is 0. The molecule has 1 fully saturated rings. The van der Waals surface area contributed by atoms with Crippen molar-refractivity contribution in [1.29, 1.82) is 0 Å². The normalized spacial score (nSPS) is 16.6. The van der Waals surface area contributed by atoms with Crippen LogP contribution in [0.1, 0.15) is 26.7 Å². The monoisotopic (exact) mass is 341 g/mol. The Morgan fingerprint density at radius 3 is 2.50 bits per heavy atom. The Morgan fingerprint density at radius 2 is 1.92 bits per heavy atom. The minimum absolute atomic E-state index is 0.0937. The summed E-state index contributed by atoms with van der Waals surface area (Å²) in [5.74, 6) is -2.56. The van der Waals surface area contributed by atoms with E-state index < -0.39 is 17.7 Å². The summed E-state index contributed by atoms with van der Waals surface area (Å²) in [6.45, 7) is 4.54. The average Bonchev–Trinajstić information content (AvgIpc) is 2.58. The van der Waals surface area contributed by atoms with Crippen molar-refractivity contribution in [3.63, 3.8) is 0 Å². The fourth-order valence-electron chi connectivity index (χ4n) is 2.66. The second-order valence-corrected chi connectivity index (χ2v) is 5.69. The molecule has 1 atom stereocenters. The van der Waals surface area contributed by atoms with Crippen LogP contribution in [0.4, 0.5) is 8.78 Å². The van der Waals surface area contributed by atoms with Crippen LogP contribution >= 0.6 is 0 Å². The summed E-state index contributed by atoms with van der Waals surface area (Å²) in [6, 6.07) is 3.13. The Balaban J connectivity index is 1.87. The van der Waals surface area contributed by atoms with Crippen LogP contribution in [-0.2, 0) is 14.3 Å². The van der Waals surface area contributed by atoms with Crippen molar-refractivity contribution in [2.24, 2.45) is 5.92 Å². The first kappa shape index (κ1) is 18.2. The van der Waals surface area contributed by atoms with E-state index in [0.717, 1.165) is 12.1 Å². The van der Waals surface area contributed by atoms with E-state index in [1.54, 1.807) is 18.7 Å². The smallest absolute Gasteiger partial charge is 0.309 e. The zero-order chi connectivity index (χ0) is 17.7. The third kappa shape index (κ3) is 4.43. The molecule has 0 aromatic heterocycles. The number of halogens is 2. The summed E-state index contributed by atoms with van der Waals surface area (Å²) in [5.41, 5.74) is 0. The molecule has 0 saturated carbocycles. The molecule has 1 amide bonds. The molecule has 0 spiro atoms. The van der Waals surface area contributed by atoms with Crippen LogP contribution < -0.4 is 4.74 Å². The van der Waals surface area contributed by atoms with Crippen molar-refractivity contribution in [3.8, 4) is 5.75 Å². The average molecular weight is 341 g/mol. The van der Waals surface area contributed by atoms with Crippen LogP contribution in [0.2, 0.25) is 0 Å². The van der Waals surface area contributed by atoms with Crippen LogP contribution in [0.25, 0.3) is 0 Å². The summed E-state index contributed by atoms with van der Waals surface area (Å²) in [4.78, 5) is 25.7. The lowest BCUT2D eigenvalue weighted by Crippen LogP contribution is -2.45. The molecule has 5 nitrogen and oxygen atoms in total. The number of amides is 1. The summed E-state index contributed by atoms with van der Waals surface area (Å²) in [5, 5.41) is 0. The molecule has 7 heteroatoms. The van der Waals surface area contributed by atoms with Gasteiger partial charge in [0.25, 0.3) is 5.91 Å². The third-order valence-corrected chi connectivity index (χ3v) is 3.98. The number of ether oxygens (including phenoxy) is 2. The molecule has 1 aromatic carbocycles. The first-order valence-electron chi connectivity index (χ1n) is 7.99. The highest BCUT2D eigenvalue weighted by atomic mass is 19.2. The molecule has 2 rings (SSSR count). The lowest BCUT2D eigenvalue weighted by molar-refractivity contribution is -0.152. The lowest BCUT2D eigenvalue weighted by Gasteiger charge is -2.32. The minimum atomic E-state index is -1.03. The molecule has 1 unspecified atom stereocenters. The minimum Gasteiger partial charge on any atom is -0.481 e. The van der Waals surface area contributed by atoms with Gasteiger partial charge in [-0.2, -0.15) is 0 Å². The highest BCUT2D eigenvalue weighted by molar-refractivity contribution is 5.81. The van der Waals surface area contributed by atoms with E-state index in [9.17, 15) is 18.4 Å². The van der Waals surface area contributed by atoms with E-state index in [-0.39, 0.29) is 23.5 Å². The van der Waals surface area contributed by atoms with E-state index in [0.29, 0.717) is 32.5 Å². The molecule has 0 bridgehead atoms. The largest absolute Gasteiger partial charge is 0.481 e. The van der Waals surface area contributed by atoms with Gasteiger partial charge >= 0.3 is 5.97 Å². The quantitative estimate of drug-likeness (QED) is 0.773. The number of esters is 1. The molecule has 1 saturated heterocycles. The molecule has 1 aliphatic heterocycles. The lowest BCUT2D eigenvalue weighted by atomic mass is 9.97. The Labute approximate surface area is 139 Å². The van der Waals surface area contributed by atoms with Gasteiger partial charge in [0.05, 0.1) is 12.5 Å². The van der Waals surface area contributed by atoms with E-state index in [1.807, 2.05) is 0 Å². The SMILES string of the molecule is CCOC(=O)C1CCN(C(=O)C(C)Oc2ccc(F)c(F)c2)CC1. The van der Waals surface area contributed by atoms with Gasteiger partial charge in [-0.25, -0.2) is 8.78 Å². The van der Waals surface area contributed by atoms with Crippen LogP contribution in [0.15, 0.2) is 18.2 Å². The summed E-state index contributed by atoms with van der Waals surface area (Å²) in [6.07, 6.45) is 0.263. The molecule has 24 heavy (non-hydrogen) atoms. The zero-order valence-corrected chi connectivity index (χ0v) is 13.8. The van der Waals surface area contributed by atoms with Crippen LogP contribution in [0.5, 0.6) is 5.75 Å². The number of carbonyl (C=O) groups excluding carboxylic acids is 2. The topological polar surface area (TPSA) is 55.8 Å².